The minimum atomic E-state index is 0.356. The van der Waals surface area contributed by atoms with Crippen molar-refractivity contribution in [2.45, 2.75) is 5.16 Å². The molecule has 0 atom stereocenters. The van der Waals surface area contributed by atoms with Gasteiger partial charge >= 0.3 is 0 Å². The molecular formula is C7H4Cl2N4S. The van der Waals surface area contributed by atoms with Crippen molar-refractivity contribution in [1.82, 2.24) is 20.2 Å². The Bertz CT molecular complexity index is 470. The fourth-order valence-electron chi connectivity index (χ4n) is 0.994. The van der Waals surface area contributed by atoms with Crippen LogP contribution in [-0.2, 0) is 0 Å². The van der Waals surface area contributed by atoms with E-state index in [1.165, 1.54) is 4.68 Å². The molecule has 0 fully saturated rings. The molecule has 0 radical (unpaired) electrons. The number of tetrazole rings is 1. The van der Waals surface area contributed by atoms with E-state index in [-0.39, 0.29) is 0 Å². The van der Waals surface area contributed by atoms with Crippen molar-refractivity contribution in [3.63, 3.8) is 0 Å². The standard InChI is InChI=1S/C7H4Cl2N4S/c8-4-2-1-3-5(6(4)9)13-7(14)10-11-12-13/h1-3H,(H,10,12,14). The molecule has 0 aliphatic rings. The van der Waals surface area contributed by atoms with Gasteiger partial charge in [-0.1, -0.05) is 29.3 Å². The third-order valence-corrected chi connectivity index (χ3v) is 2.70. The number of halogens is 2. The van der Waals surface area contributed by atoms with E-state index in [9.17, 15) is 0 Å². The van der Waals surface area contributed by atoms with Gasteiger partial charge in [-0.05, 0) is 22.6 Å². The molecule has 2 aromatic rings. The second kappa shape index (κ2) is 3.76. The molecule has 0 saturated carbocycles. The summed E-state index contributed by atoms with van der Waals surface area (Å²) in [5.41, 5.74) is 0.606. The Morgan fingerprint density at radius 1 is 1.29 bits per heavy atom. The maximum Gasteiger partial charge on any atom is 0.211 e. The van der Waals surface area contributed by atoms with Gasteiger partial charge in [0.2, 0.25) is 5.16 Å². The van der Waals surface area contributed by atoms with E-state index in [2.05, 4.69) is 28.2 Å². The van der Waals surface area contributed by atoms with Crippen LogP contribution in [0.2, 0.25) is 10.0 Å². The minimum absolute atomic E-state index is 0.356. The van der Waals surface area contributed by atoms with Gasteiger partial charge in [-0.3, -0.25) is 0 Å². The first-order valence-corrected chi connectivity index (χ1v) is 4.82. The van der Waals surface area contributed by atoms with E-state index in [4.69, 9.17) is 23.2 Å². The van der Waals surface area contributed by atoms with Gasteiger partial charge in [0.1, 0.15) is 0 Å². The van der Waals surface area contributed by atoms with Gasteiger partial charge in [0.15, 0.2) is 0 Å². The molecule has 72 valence electrons. The minimum Gasteiger partial charge on any atom is -0.186 e. The average molecular weight is 247 g/mol. The normalized spacial score (nSPS) is 10.5. The number of nitrogens with zero attached hydrogens (tertiary/aromatic N) is 4. The molecule has 1 aromatic carbocycles. The Balaban J connectivity index is 2.63. The molecular weight excluding hydrogens is 243 g/mol. The summed E-state index contributed by atoms with van der Waals surface area (Å²) in [7, 11) is 0. The second-order valence-electron chi connectivity index (χ2n) is 2.46. The molecule has 1 aromatic heterocycles. The lowest BCUT2D eigenvalue weighted by atomic mass is 10.3. The molecule has 0 unspecified atom stereocenters. The largest absolute Gasteiger partial charge is 0.211 e. The first kappa shape index (κ1) is 9.76. The maximum atomic E-state index is 5.97. The predicted molar refractivity (Wildman–Crippen MR) is 56.4 cm³/mol. The smallest absolute Gasteiger partial charge is 0.186 e. The molecule has 2 rings (SSSR count). The van der Waals surface area contributed by atoms with Gasteiger partial charge in [-0.15, -0.1) is 17.7 Å². The molecule has 0 spiro atoms. The number of hydrogen-bond donors (Lipinski definition) is 1. The Labute approximate surface area is 95.2 Å². The molecule has 0 N–H and O–H groups in total. The van der Waals surface area contributed by atoms with Crippen molar-refractivity contribution in [1.29, 1.82) is 0 Å². The van der Waals surface area contributed by atoms with Crippen LogP contribution in [0, 0.1) is 0 Å². The zero-order valence-corrected chi connectivity index (χ0v) is 9.13. The molecule has 4 nitrogen and oxygen atoms in total. The molecule has 14 heavy (non-hydrogen) atoms. The van der Waals surface area contributed by atoms with Crippen LogP contribution in [0.25, 0.3) is 5.69 Å². The van der Waals surface area contributed by atoms with Gasteiger partial charge in [-0.25, -0.2) is 0 Å². The van der Waals surface area contributed by atoms with Gasteiger partial charge in [0, 0.05) is 0 Å². The number of aromatic nitrogens is 4. The topological polar surface area (TPSA) is 43.6 Å². The molecule has 0 aliphatic heterocycles. The Kier molecular flexibility index (Phi) is 2.62. The maximum absolute atomic E-state index is 5.97. The van der Waals surface area contributed by atoms with Crippen LogP contribution in [0.4, 0.5) is 0 Å². The highest BCUT2D eigenvalue weighted by Crippen LogP contribution is 2.28. The third-order valence-electron chi connectivity index (χ3n) is 1.61. The first-order chi connectivity index (χ1) is 6.70. The summed E-state index contributed by atoms with van der Waals surface area (Å²) in [6.45, 7) is 0. The summed E-state index contributed by atoms with van der Waals surface area (Å²) < 4.78 is 1.40. The number of benzene rings is 1. The van der Waals surface area contributed by atoms with E-state index in [0.717, 1.165) is 0 Å². The zero-order valence-electron chi connectivity index (χ0n) is 6.72. The van der Waals surface area contributed by atoms with Crippen molar-refractivity contribution in [2.24, 2.45) is 0 Å². The van der Waals surface area contributed by atoms with Crippen LogP contribution in [0.15, 0.2) is 23.4 Å². The summed E-state index contributed by atoms with van der Waals surface area (Å²) in [5, 5.41) is 12.0. The van der Waals surface area contributed by atoms with E-state index in [0.29, 0.717) is 20.9 Å². The zero-order chi connectivity index (χ0) is 10.1. The second-order valence-corrected chi connectivity index (χ2v) is 3.65. The van der Waals surface area contributed by atoms with Crippen LogP contribution in [0.3, 0.4) is 0 Å². The highest BCUT2D eigenvalue weighted by molar-refractivity contribution is 7.80. The lowest BCUT2D eigenvalue weighted by Crippen LogP contribution is -1.98. The fraction of sp³-hybridized carbons (Fsp3) is 0. The Morgan fingerprint density at radius 3 is 2.71 bits per heavy atom. The van der Waals surface area contributed by atoms with Crippen molar-refractivity contribution in [2.75, 3.05) is 0 Å². The van der Waals surface area contributed by atoms with Crippen molar-refractivity contribution < 1.29 is 0 Å². The molecule has 0 bridgehead atoms. The first-order valence-electron chi connectivity index (χ1n) is 3.62. The molecule has 0 amide bonds. The van der Waals surface area contributed by atoms with Crippen LogP contribution in [0.1, 0.15) is 0 Å². The van der Waals surface area contributed by atoms with Gasteiger partial charge in [-0.2, -0.15) is 4.68 Å². The van der Waals surface area contributed by atoms with Crippen molar-refractivity contribution in [3.05, 3.63) is 28.2 Å². The quantitative estimate of drug-likeness (QED) is 0.786. The van der Waals surface area contributed by atoms with E-state index in [1.54, 1.807) is 18.2 Å². The van der Waals surface area contributed by atoms with Crippen molar-refractivity contribution in [3.8, 4) is 5.69 Å². The highest BCUT2D eigenvalue weighted by atomic mass is 35.5. The van der Waals surface area contributed by atoms with Gasteiger partial charge < -0.3 is 0 Å². The van der Waals surface area contributed by atoms with E-state index in [1.807, 2.05) is 0 Å². The summed E-state index contributed by atoms with van der Waals surface area (Å²) in [4.78, 5) is 0. The molecule has 0 aliphatic carbocycles. The Morgan fingerprint density at radius 2 is 2.07 bits per heavy atom. The molecule has 1 heterocycles. The SMILES string of the molecule is Sc1nnnn1-c1cccc(Cl)c1Cl. The molecule has 0 saturated heterocycles. The number of hydrogen-bond acceptors (Lipinski definition) is 4. The van der Waals surface area contributed by atoms with Crippen LogP contribution >= 0.6 is 35.8 Å². The van der Waals surface area contributed by atoms with Gasteiger partial charge in [0.05, 0.1) is 15.7 Å². The van der Waals surface area contributed by atoms with Crippen LogP contribution < -0.4 is 0 Å². The predicted octanol–water partition coefficient (Wildman–Crippen LogP) is 2.26. The van der Waals surface area contributed by atoms with Gasteiger partial charge in [0.25, 0.3) is 0 Å². The summed E-state index contributed by atoms with van der Waals surface area (Å²) in [5.74, 6) is 0. The lowest BCUT2D eigenvalue weighted by molar-refractivity contribution is 0.758. The number of thiol groups is 1. The van der Waals surface area contributed by atoms with Crippen LogP contribution in [0.5, 0.6) is 0 Å². The molecule has 7 heteroatoms. The summed E-state index contributed by atoms with van der Waals surface area (Å²) >= 11 is 15.9. The Hall–Kier alpha value is -0.780. The summed E-state index contributed by atoms with van der Waals surface area (Å²) in [6, 6.07) is 5.21. The van der Waals surface area contributed by atoms with Crippen molar-refractivity contribution >= 4 is 35.8 Å². The van der Waals surface area contributed by atoms with Crippen LogP contribution in [-0.4, -0.2) is 20.2 Å². The average Bonchev–Trinajstić information content (AvgIpc) is 2.57. The fourth-order valence-corrected chi connectivity index (χ4v) is 1.56. The monoisotopic (exact) mass is 246 g/mol. The third kappa shape index (κ3) is 1.58. The number of rotatable bonds is 1. The van der Waals surface area contributed by atoms with E-state index < -0.39 is 0 Å². The highest BCUT2D eigenvalue weighted by Gasteiger charge is 2.10. The van der Waals surface area contributed by atoms with E-state index >= 15 is 0 Å². The summed E-state index contributed by atoms with van der Waals surface area (Å²) in [6.07, 6.45) is 0. The lowest BCUT2D eigenvalue weighted by Gasteiger charge is -2.04.